The van der Waals surface area contributed by atoms with Gasteiger partial charge in [0.1, 0.15) is 22.6 Å². The molecule has 0 saturated carbocycles. The molecular formula is C20H24N2O4S. The van der Waals surface area contributed by atoms with Crippen LogP contribution in [0.3, 0.4) is 0 Å². The van der Waals surface area contributed by atoms with Crippen molar-refractivity contribution in [2.24, 2.45) is 0 Å². The van der Waals surface area contributed by atoms with E-state index >= 15 is 0 Å². The van der Waals surface area contributed by atoms with E-state index in [2.05, 4.69) is 5.32 Å². The number of para-hydroxylation sites is 2. The second-order valence-electron chi connectivity index (χ2n) is 5.88. The number of ether oxygens (including phenoxy) is 3. The van der Waals surface area contributed by atoms with E-state index in [1.807, 2.05) is 54.3 Å². The summed E-state index contributed by atoms with van der Waals surface area (Å²) in [4.78, 5) is 14.8. The van der Waals surface area contributed by atoms with Crippen LogP contribution in [0.15, 0.2) is 42.5 Å². The monoisotopic (exact) mass is 388 g/mol. The van der Waals surface area contributed by atoms with Gasteiger partial charge in [0.15, 0.2) is 0 Å². The lowest BCUT2D eigenvalue weighted by molar-refractivity contribution is 0.213. The molecule has 7 heteroatoms. The van der Waals surface area contributed by atoms with Gasteiger partial charge in [0, 0.05) is 17.9 Å². The predicted molar refractivity (Wildman–Crippen MR) is 108 cm³/mol. The molecule has 1 heterocycles. The minimum absolute atomic E-state index is 0.144. The van der Waals surface area contributed by atoms with Crippen molar-refractivity contribution in [3.8, 4) is 17.2 Å². The van der Waals surface area contributed by atoms with Crippen LogP contribution in [0.25, 0.3) is 0 Å². The molecule has 2 amide bonds. The van der Waals surface area contributed by atoms with Crippen molar-refractivity contribution < 1.29 is 19.0 Å². The van der Waals surface area contributed by atoms with Crippen molar-refractivity contribution >= 4 is 23.5 Å². The summed E-state index contributed by atoms with van der Waals surface area (Å²) < 4.78 is 16.5. The number of benzene rings is 2. The van der Waals surface area contributed by atoms with Crippen LogP contribution < -0.4 is 19.5 Å². The Morgan fingerprint density at radius 2 is 2.00 bits per heavy atom. The molecule has 144 valence electrons. The molecule has 6 nitrogen and oxygen atoms in total. The van der Waals surface area contributed by atoms with Gasteiger partial charge in [-0.25, -0.2) is 4.79 Å². The average molecular weight is 388 g/mol. The van der Waals surface area contributed by atoms with Gasteiger partial charge in [-0.15, -0.1) is 11.8 Å². The summed E-state index contributed by atoms with van der Waals surface area (Å²) in [6, 6.07) is 12.9. The van der Waals surface area contributed by atoms with Gasteiger partial charge in [-0.3, -0.25) is 0 Å². The zero-order chi connectivity index (χ0) is 19.2. The quantitative estimate of drug-likeness (QED) is 0.796. The van der Waals surface area contributed by atoms with Gasteiger partial charge in [-0.05, 0) is 37.3 Å². The van der Waals surface area contributed by atoms with Crippen LogP contribution in [0, 0.1) is 0 Å². The number of hydrogen-bond acceptors (Lipinski definition) is 5. The Morgan fingerprint density at radius 3 is 2.74 bits per heavy atom. The number of carbonyl (C=O) groups is 1. The van der Waals surface area contributed by atoms with E-state index in [1.165, 1.54) is 0 Å². The highest BCUT2D eigenvalue weighted by molar-refractivity contribution is 7.99. The summed E-state index contributed by atoms with van der Waals surface area (Å²) in [6.45, 7) is 3.11. The predicted octanol–water partition coefficient (Wildman–Crippen LogP) is 4.38. The maximum absolute atomic E-state index is 13.0. The van der Waals surface area contributed by atoms with E-state index in [0.717, 1.165) is 22.8 Å². The Balaban J connectivity index is 1.84. The fraction of sp³-hybridized carbons (Fsp3) is 0.350. The molecule has 27 heavy (non-hydrogen) atoms. The van der Waals surface area contributed by atoms with Gasteiger partial charge < -0.3 is 24.4 Å². The topological polar surface area (TPSA) is 60.0 Å². The summed E-state index contributed by atoms with van der Waals surface area (Å²) in [5.41, 5.74) is 1.59. The Kier molecular flexibility index (Phi) is 6.34. The van der Waals surface area contributed by atoms with Crippen LogP contribution in [0.5, 0.6) is 17.2 Å². The highest BCUT2D eigenvalue weighted by Gasteiger charge is 2.33. The van der Waals surface area contributed by atoms with Crippen molar-refractivity contribution in [2.75, 3.05) is 38.4 Å². The van der Waals surface area contributed by atoms with Crippen LogP contribution in [0.2, 0.25) is 0 Å². The maximum atomic E-state index is 13.0. The summed E-state index contributed by atoms with van der Waals surface area (Å²) in [5, 5.41) is 2.84. The van der Waals surface area contributed by atoms with Crippen LogP contribution >= 0.6 is 11.8 Å². The molecule has 3 rings (SSSR count). The lowest BCUT2D eigenvalue weighted by atomic mass is 10.1. The van der Waals surface area contributed by atoms with Crippen molar-refractivity contribution in [1.29, 1.82) is 0 Å². The molecule has 1 saturated heterocycles. The van der Waals surface area contributed by atoms with Gasteiger partial charge in [-0.1, -0.05) is 12.1 Å². The highest BCUT2D eigenvalue weighted by Crippen LogP contribution is 2.43. The minimum atomic E-state index is -0.165. The Morgan fingerprint density at radius 1 is 1.19 bits per heavy atom. The first-order valence-corrected chi connectivity index (χ1v) is 9.85. The molecule has 0 aromatic heterocycles. The first-order chi connectivity index (χ1) is 13.2. The molecule has 2 aromatic rings. The number of methoxy groups -OCH3 is 2. The first-order valence-electron chi connectivity index (χ1n) is 8.81. The van der Waals surface area contributed by atoms with E-state index in [4.69, 9.17) is 14.2 Å². The molecule has 0 spiro atoms. The molecular weight excluding hydrogens is 364 g/mol. The van der Waals surface area contributed by atoms with Crippen LogP contribution in [0.1, 0.15) is 17.9 Å². The Labute approximate surface area is 163 Å². The molecule has 1 aliphatic rings. The molecule has 0 bridgehead atoms. The third-order valence-electron chi connectivity index (χ3n) is 4.28. The molecule has 1 aliphatic heterocycles. The largest absolute Gasteiger partial charge is 0.497 e. The third kappa shape index (κ3) is 4.24. The minimum Gasteiger partial charge on any atom is -0.497 e. The lowest BCUT2D eigenvalue weighted by Gasteiger charge is -2.26. The summed E-state index contributed by atoms with van der Waals surface area (Å²) in [7, 11) is 3.26. The smallest absolute Gasteiger partial charge is 0.323 e. The van der Waals surface area contributed by atoms with Gasteiger partial charge >= 0.3 is 6.03 Å². The molecule has 1 fully saturated rings. The number of urea groups is 1. The Bertz CT molecular complexity index is 799. The van der Waals surface area contributed by atoms with Crippen molar-refractivity contribution in [1.82, 2.24) is 4.90 Å². The van der Waals surface area contributed by atoms with E-state index in [1.54, 1.807) is 26.0 Å². The zero-order valence-corrected chi connectivity index (χ0v) is 16.5. The number of hydrogen-bond donors (Lipinski definition) is 1. The molecule has 2 aromatic carbocycles. The fourth-order valence-electron chi connectivity index (χ4n) is 3.01. The van der Waals surface area contributed by atoms with E-state index in [9.17, 15) is 4.79 Å². The summed E-state index contributed by atoms with van der Waals surface area (Å²) >= 11 is 1.70. The number of thioether (sulfide) groups is 1. The Hall–Kier alpha value is -2.54. The number of anilines is 1. The normalized spacial score (nSPS) is 16.1. The summed E-state index contributed by atoms with van der Waals surface area (Å²) in [6.07, 6.45) is 0. The van der Waals surface area contributed by atoms with Crippen molar-refractivity contribution in [2.45, 2.75) is 12.3 Å². The lowest BCUT2D eigenvalue weighted by Crippen LogP contribution is -2.34. The zero-order valence-electron chi connectivity index (χ0n) is 15.7. The van der Waals surface area contributed by atoms with Gasteiger partial charge in [0.25, 0.3) is 0 Å². The highest BCUT2D eigenvalue weighted by atomic mass is 32.2. The second-order valence-corrected chi connectivity index (χ2v) is 7.07. The fourth-order valence-corrected chi connectivity index (χ4v) is 4.28. The van der Waals surface area contributed by atoms with E-state index in [0.29, 0.717) is 24.6 Å². The molecule has 0 aliphatic carbocycles. The van der Waals surface area contributed by atoms with E-state index < -0.39 is 0 Å². The maximum Gasteiger partial charge on any atom is 0.323 e. The van der Waals surface area contributed by atoms with Gasteiger partial charge in [0.05, 0.1) is 26.5 Å². The van der Waals surface area contributed by atoms with Crippen LogP contribution in [-0.4, -0.2) is 44.1 Å². The molecule has 0 radical (unpaired) electrons. The standard InChI is InChI=1S/C20H24N2O4S/c1-4-26-18-8-6-5-7-16(18)21-20(23)22-11-12-27-19(22)15-13-14(24-2)9-10-17(15)25-3/h5-10,13,19H,4,11-12H2,1-3H3,(H,21,23)/t19-/m1/s1. The van der Waals surface area contributed by atoms with Gasteiger partial charge in [0.2, 0.25) is 0 Å². The number of nitrogens with one attached hydrogen (secondary N) is 1. The summed E-state index contributed by atoms with van der Waals surface area (Å²) in [5.74, 6) is 2.99. The van der Waals surface area contributed by atoms with E-state index in [-0.39, 0.29) is 11.4 Å². The van der Waals surface area contributed by atoms with Crippen molar-refractivity contribution in [3.05, 3.63) is 48.0 Å². The average Bonchev–Trinajstić information content (AvgIpc) is 3.19. The van der Waals surface area contributed by atoms with Crippen LogP contribution in [-0.2, 0) is 0 Å². The SMILES string of the molecule is CCOc1ccccc1NC(=O)N1CCS[C@@H]1c1cc(OC)ccc1OC. The second kappa shape index (κ2) is 8.90. The third-order valence-corrected chi connectivity index (χ3v) is 5.53. The number of carbonyl (C=O) groups excluding carboxylic acids is 1. The van der Waals surface area contributed by atoms with Gasteiger partial charge in [-0.2, -0.15) is 0 Å². The first kappa shape index (κ1) is 19.2. The number of nitrogens with zero attached hydrogens (tertiary/aromatic N) is 1. The number of rotatable bonds is 6. The molecule has 1 atom stereocenters. The number of amides is 2. The van der Waals surface area contributed by atoms with Crippen LogP contribution in [0.4, 0.5) is 10.5 Å². The van der Waals surface area contributed by atoms with Crippen molar-refractivity contribution in [3.63, 3.8) is 0 Å². The molecule has 0 unspecified atom stereocenters. The molecule has 1 N–H and O–H groups in total.